The summed E-state index contributed by atoms with van der Waals surface area (Å²) in [5.41, 5.74) is 5.72. The number of likely N-dealkylation sites (N-methyl/N-ethyl adjacent to an activating group) is 1. The van der Waals surface area contributed by atoms with E-state index >= 15 is 0 Å². The Morgan fingerprint density at radius 3 is 2.67 bits per heavy atom. The highest BCUT2D eigenvalue weighted by Gasteiger charge is 2.18. The molecule has 0 spiro atoms. The van der Waals surface area contributed by atoms with Crippen LogP contribution in [0.1, 0.15) is 0 Å². The van der Waals surface area contributed by atoms with Gasteiger partial charge in [-0.1, -0.05) is 11.6 Å². The molecule has 1 atom stereocenters. The molecule has 7 heteroatoms. The van der Waals surface area contributed by atoms with Gasteiger partial charge in [-0.25, -0.2) is 8.57 Å². The molecule has 1 aromatic rings. The number of phenolic OH excluding ortho intramolecular Hbond substituents is 1. The number of benzene rings is 1. The molecule has 0 aliphatic carbocycles. The number of halogens is 1. The average Bonchev–Trinajstić information content (AvgIpc) is 2.23. The van der Waals surface area contributed by atoms with Gasteiger partial charge in [0.1, 0.15) is 4.90 Å². The molecular formula is C11H18ClN3O2S. The Kier molecular flexibility index (Phi) is 4.84. The fourth-order valence-corrected chi connectivity index (χ4v) is 3.45. The van der Waals surface area contributed by atoms with Gasteiger partial charge in [-0.3, -0.25) is 0 Å². The maximum Gasteiger partial charge on any atom is 0.157 e. The summed E-state index contributed by atoms with van der Waals surface area (Å²) in [7, 11) is 1.05. The van der Waals surface area contributed by atoms with Gasteiger partial charge in [-0.05, 0) is 26.2 Å². The topological polar surface area (TPSA) is 78.9 Å². The van der Waals surface area contributed by atoms with Crippen molar-refractivity contribution < 1.29 is 9.32 Å². The molecule has 18 heavy (non-hydrogen) atoms. The van der Waals surface area contributed by atoms with E-state index in [4.69, 9.17) is 17.3 Å². The first kappa shape index (κ1) is 15.1. The van der Waals surface area contributed by atoms with E-state index in [9.17, 15) is 9.32 Å². The van der Waals surface area contributed by atoms with Crippen LogP contribution in [0, 0.1) is 0 Å². The number of nitrogens with two attached hydrogens (primary N) is 1. The Morgan fingerprint density at radius 1 is 1.50 bits per heavy atom. The molecule has 0 aliphatic heterocycles. The van der Waals surface area contributed by atoms with Gasteiger partial charge in [0.05, 0.1) is 27.0 Å². The standard InChI is InChI=1S/C11H18ClN3O2S/c1-15(2)7-6-14-18(3,17)11-8(12)4-5-9(13)10(11)16/h4-5,16H,6-7,13H2,1-3H3. The molecule has 1 unspecified atom stereocenters. The zero-order valence-electron chi connectivity index (χ0n) is 10.7. The predicted molar refractivity (Wildman–Crippen MR) is 75.7 cm³/mol. The molecule has 3 N–H and O–H groups in total. The molecule has 0 radical (unpaired) electrons. The summed E-state index contributed by atoms with van der Waals surface area (Å²) in [5.74, 6) is -0.247. The molecule has 0 aromatic heterocycles. The van der Waals surface area contributed by atoms with Gasteiger partial charge in [0.2, 0.25) is 0 Å². The summed E-state index contributed by atoms with van der Waals surface area (Å²) in [5, 5.41) is 10.1. The zero-order valence-corrected chi connectivity index (χ0v) is 12.3. The van der Waals surface area contributed by atoms with Crippen LogP contribution in [0.2, 0.25) is 5.02 Å². The fraction of sp³-hybridized carbons (Fsp3) is 0.455. The van der Waals surface area contributed by atoms with Crippen molar-refractivity contribution in [1.29, 1.82) is 0 Å². The lowest BCUT2D eigenvalue weighted by molar-refractivity contribution is 0.421. The van der Waals surface area contributed by atoms with Crippen LogP contribution < -0.4 is 5.73 Å². The molecule has 0 saturated heterocycles. The number of nitrogens with zero attached hydrogens (tertiary/aromatic N) is 2. The molecule has 0 heterocycles. The normalized spacial score (nSPS) is 14.5. The van der Waals surface area contributed by atoms with Crippen molar-refractivity contribution in [3.63, 3.8) is 0 Å². The summed E-state index contributed by atoms with van der Waals surface area (Å²) in [6.07, 6.45) is 1.45. The maximum atomic E-state index is 12.5. The van der Waals surface area contributed by atoms with Crippen LogP contribution in [0.15, 0.2) is 21.4 Å². The highest BCUT2D eigenvalue weighted by Crippen LogP contribution is 2.35. The second-order valence-corrected chi connectivity index (χ2v) is 6.95. The lowest BCUT2D eigenvalue weighted by Crippen LogP contribution is -2.16. The predicted octanol–water partition coefficient (Wildman–Crippen LogP) is 1.65. The number of phenols is 1. The van der Waals surface area contributed by atoms with E-state index in [2.05, 4.69) is 4.36 Å². The van der Waals surface area contributed by atoms with Gasteiger partial charge < -0.3 is 15.7 Å². The number of hydrogen-bond acceptors (Lipinski definition) is 5. The number of anilines is 1. The van der Waals surface area contributed by atoms with Crippen molar-refractivity contribution in [1.82, 2.24) is 4.90 Å². The monoisotopic (exact) mass is 291 g/mol. The minimum atomic E-state index is -2.75. The summed E-state index contributed by atoms with van der Waals surface area (Å²) in [6.45, 7) is 1.07. The number of hydrogen-bond donors (Lipinski definition) is 2. The Hall–Kier alpha value is -0.980. The molecule has 0 fully saturated rings. The van der Waals surface area contributed by atoms with Crippen LogP contribution in [0.25, 0.3) is 0 Å². The van der Waals surface area contributed by atoms with E-state index < -0.39 is 9.73 Å². The first-order chi connectivity index (χ1) is 8.25. The van der Waals surface area contributed by atoms with Gasteiger partial charge >= 0.3 is 0 Å². The van der Waals surface area contributed by atoms with Crippen molar-refractivity contribution in [3.05, 3.63) is 17.2 Å². The van der Waals surface area contributed by atoms with Crippen molar-refractivity contribution in [3.8, 4) is 5.75 Å². The summed E-state index contributed by atoms with van der Waals surface area (Å²) >= 11 is 5.96. The molecule has 0 amide bonds. The Morgan fingerprint density at radius 2 is 2.11 bits per heavy atom. The lowest BCUT2D eigenvalue weighted by Gasteiger charge is -2.12. The smallest absolute Gasteiger partial charge is 0.157 e. The summed E-state index contributed by atoms with van der Waals surface area (Å²) in [4.78, 5) is 2.04. The number of rotatable bonds is 4. The molecule has 0 saturated carbocycles. The van der Waals surface area contributed by atoms with Crippen molar-refractivity contribution in [2.75, 3.05) is 39.2 Å². The molecule has 0 bridgehead atoms. The minimum Gasteiger partial charge on any atom is -0.504 e. The second-order valence-electron chi connectivity index (χ2n) is 4.27. The van der Waals surface area contributed by atoms with Gasteiger partial charge in [0.15, 0.2) is 5.75 Å². The summed E-state index contributed by atoms with van der Waals surface area (Å²) in [6, 6.07) is 2.98. The van der Waals surface area contributed by atoms with Gasteiger partial charge in [0, 0.05) is 12.8 Å². The Bertz CT molecular complexity index is 551. The minimum absolute atomic E-state index is 0.114. The van der Waals surface area contributed by atoms with Crippen LogP contribution in [-0.2, 0) is 9.73 Å². The molecule has 1 rings (SSSR count). The van der Waals surface area contributed by atoms with Crippen LogP contribution in [0.4, 0.5) is 5.69 Å². The lowest BCUT2D eigenvalue weighted by atomic mass is 10.3. The highest BCUT2D eigenvalue weighted by molar-refractivity contribution is 7.93. The van der Waals surface area contributed by atoms with Crippen molar-refractivity contribution >= 4 is 27.0 Å². The molecule has 1 aromatic carbocycles. The van der Waals surface area contributed by atoms with E-state index in [0.29, 0.717) is 13.1 Å². The van der Waals surface area contributed by atoms with Crippen molar-refractivity contribution in [2.45, 2.75) is 4.90 Å². The summed E-state index contributed by atoms with van der Waals surface area (Å²) < 4.78 is 16.6. The van der Waals surface area contributed by atoms with E-state index in [1.165, 1.54) is 18.4 Å². The quantitative estimate of drug-likeness (QED) is 0.653. The van der Waals surface area contributed by atoms with Crippen molar-refractivity contribution in [2.24, 2.45) is 4.36 Å². The van der Waals surface area contributed by atoms with Gasteiger partial charge in [-0.15, -0.1) is 0 Å². The average molecular weight is 292 g/mol. The van der Waals surface area contributed by atoms with Crippen LogP contribution in [0.5, 0.6) is 5.75 Å². The Balaban J connectivity index is 3.20. The molecular weight excluding hydrogens is 274 g/mol. The second kappa shape index (κ2) is 5.77. The first-order valence-electron chi connectivity index (χ1n) is 5.35. The van der Waals surface area contributed by atoms with Crippen LogP contribution >= 0.6 is 11.6 Å². The zero-order chi connectivity index (χ0) is 13.9. The van der Waals surface area contributed by atoms with Crippen LogP contribution in [0.3, 0.4) is 0 Å². The van der Waals surface area contributed by atoms with Crippen LogP contribution in [-0.4, -0.2) is 47.7 Å². The SMILES string of the molecule is CN(C)CCN=S(C)(=O)c1c(Cl)ccc(N)c1O. The largest absolute Gasteiger partial charge is 0.504 e. The third-order valence-electron chi connectivity index (χ3n) is 2.38. The highest BCUT2D eigenvalue weighted by atomic mass is 35.5. The van der Waals surface area contributed by atoms with Gasteiger partial charge in [-0.2, -0.15) is 0 Å². The molecule has 0 aliphatic rings. The number of aromatic hydroxyl groups is 1. The molecule has 5 nitrogen and oxygen atoms in total. The van der Waals surface area contributed by atoms with Gasteiger partial charge in [0.25, 0.3) is 0 Å². The number of nitrogen functional groups attached to an aromatic ring is 1. The fourth-order valence-electron chi connectivity index (χ4n) is 1.40. The maximum absolute atomic E-state index is 12.5. The third kappa shape index (κ3) is 3.51. The van der Waals surface area contributed by atoms with E-state index in [1.54, 1.807) is 0 Å². The van der Waals surface area contributed by atoms with E-state index in [0.717, 1.165) is 0 Å². The first-order valence-corrected chi connectivity index (χ1v) is 7.65. The Labute approximate surface area is 113 Å². The van der Waals surface area contributed by atoms with E-state index in [-0.39, 0.29) is 21.4 Å². The van der Waals surface area contributed by atoms with E-state index in [1.807, 2.05) is 19.0 Å². The third-order valence-corrected chi connectivity index (χ3v) is 4.65. The molecule has 102 valence electrons.